The van der Waals surface area contributed by atoms with Gasteiger partial charge in [0.15, 0.2) is 0 Å². The molecule has 1 aromatic rings. The SMILES string of the molecule is CCCc1cccn1C(C)C. The van der Waals surface area contributed by atoms with Crippen LogP contribution in [0.5, 0.6) is 0 Å². The van der Waals surface area contributed by atoms with Crippen molar-refractivity contribution in [3.05, 3.63) is 24.0 Å². The monoisotopic (exact) mass is 151 g/mol. The zero-order valence-corrected chi connectivity index (χ0v) is 7.67. The lowest BCUT2D eigenvalue weighted by Gasteiger charge is -2.11. The summed E-state index contributed by atoms with van der Waals surface area (Å²) in [5, 5.41) is 0. The number of rotatable bonds is 3. The summed E-state index contributed by atoms with van der Waals surface area (Å²) in [5.74, 6) is 0. The predicted molar refractivity (Wildman–Crippen MR) is 48.8 cm³/mol. The van der Waals surface area contributed by atoms with Gasteiger partial charge in [0.2, 0.25) is 0 Å². The Morgan fingerprint density at radius 1 is 1.45 bits per heavy atom. The molecule has 1 aromatic heterocycles. The van der Waals surface area contributed by atoms with Gasteiger partial charge in [-0.05, 0) is 32.4 Å². The predicted octanol–water partition coefficient (Wildman–Crippen LogP) is 3.02. The van der Waals surface area contributed by atoms with E-state index in [2.05, 4.69) is 43.7 Å². The van der Waals surface area contributed by atoms with E-state index in [9.17, 15) is 0 Å². The molecule has 62 valence electrons. The van der Waals surface area contributed by atoms with Crippen molar-refractivity contribution in [1.29, 1.82) is 0 Å². The summed E-state index contributed by atoms with van der Waals surface area (Å²) >= 11 is 0. The standard InChI is InChI=1S/C10H17N/c1-4-6-10-7-5-8-11(10)9(2)3/h5,7-9H,4,6H2,1-3H3. The van der Waals surface area contributed by atoms with Gasteiger partial charge in [0.25, 0.3) is 0 Å². The molecule has 0 fully saturated rings. The van der Waals surface area contributed by atoms with Gasteiger partial charge < -0.3 is 4.57 Å². The Bertz CT molecular complexity index is 210. The van der Waals surface area contributed by atoms with Gasteiger partial charge in [-0.2, -0.15) is 0 Å². The maximum Gasteiger partial charge on any atom is 0.0276 e. The average molecular weight is 151 g/mol. The second-order valence-corrected chi connectivity index (χ2v) is 3.25. The van der Waals surface area contributed by atoms with Crippen molar-refractivity contribution in [3.63, 3.8) is 0 Å². The van der Waals surface area contributed by atoms with Crippen molar-refractivity contribution in [1.82, 2.24) is 4.57 Å². The Balaban J connectivity index is 2.78. The molecular formula is C10H17N. The fourth-order valence-corrected chi connectivity index (χ4v) is 1.40. The molecule has 0 aromatic carbocycles. The maximum absolute atomic E-state index is 2.34. The molecular weight excluding hydrogens is 134 g/mol. The number of hydrogen-bond acceptors (Lipinski definition) is 0. The largest absolute Gasteiger partial charge is 0.349 e. The fraction of sp³-hybridized carbons (Fsp3) is 0.600. The van der Waals surface area contributed by atoms with Crippen LogP contribution in [0.15, 0.2) is 18.3 Å². The summed E-state index contributed by atoms with van der Waals surface area (Å²) in [4.78, 5) is 0. The van der Waals surface area contributed by atoms with Crippen molar-refractivity contribution in [2.75, 3.05) is 0 Å². The van der Waals surface area contributed by atoms with Crippen LogP contribution in [-0.2, 0) is 6.42 Å². The highest BCUT2D eigenvalue weighted by atomic mass is 15.0. The molecule has 0 unspecified atom stereocenters. The van der Waals surface area contributed by atoms with Crippen molar-refractivity contribution in [3.8, 4) is 0 Å². The van der Waals surface area contributed by atoms with Crippen LogP contribution in [0.1, 0.15) is 38.9 Å². The lowest BCUT2D eigenvalue weighted by Crippen LogP contribution is -2.03. The van der Waals surface area contributed by atoms with E-state index in [1.807, 2.05) is 0 Å². The van der Waals surface area contributed by atoms with E-state index in [4.69, 9.17) is 0 Å². The lowest BCUT2D eigenvalue weighted by molar-refractivity contribution is 0.573. The van der Waals surface area contributed by atoms with Crippen LogP contribution >= 0.6 is 0 Å². The van der Waals surface area contributed by atoms with Gasteiger partial charge in [-0.25, -0.2) is 0 Å². The van der Waals surface area contributed by atoms with Crippen LogP contribution < -0.4 is 0 Å². The molecule has 0 spiro atoms. The molecule has 0 atom stereocenters. The van der Waals surface area contributed by atoms with E-state index in [-0.39, 0.29) is 0 Å². The molecule has 0 aliphatic heterocycles. The molecule has 0 N–H and O–H groups in total. The molecule has 11 heavy (non-hydrogen) atoms. The van der Waals surface area contributed by atoms with Crippen molar-refractivity contribution >= 4 is 0 Å². The molecule has 1 heteroatoms. The molecule has 0 aliphatic carbocycles. The van der Waals surface area contributed by atoms with E-state index in [0.717, 1.165) is 0 Å². The highest BCUT2D eigenvalue weighted by Crippen LogP contribution is 2.11. The zero-order valence-electron chi connectivity index (χ0n) is 7.67. The molecule has 0 aliphatic rings. The normalized spacial score (nSPS) is 10.9. The minimum atomic E-state index is 0.603. The Labute approximate surface area is 69.0 Å². The number of hydrogen-bond donors (Lipinski definition) is 0. The minimum Gasteiger partial charge on any atom is -0.349 e. The summed E-state index contributed by atoms with van der Waals surface area (Å²) in [5.41, 5.74) is 1.46. The van der Waals surface area contributed by atoms with Crippen LogP contribution in [0, 0.1) is 0 Å². The van der Waals surface area contributed by atoms with Gasteiger partial charge in [0.1, 0.15) is 0 Å². The van der Waals surface area contributed by atoms with Crippen LogP contribution in [0.3, 0.4) is 0 Å². The first-order valence-electron chi connectivity index (χ1n) is 4.41. The van der Waals surface area contributed by atoms with Crippen LogP contribution in [-0.4, -0.2) is 4.57 Å². The first-order valence-corrected chi connectivity index (χ1v) is 4.41. The Morgan fingerprint density at radius 2 is 2.18 bits per heavy atom. The van der Waals surface area contributed by atoms with E-state index in [1.54, 1.807) is 0 Å². The molecule has 0 saturated heterocycles. The minimum absolute atomic E-state index is 0.603. The summed E-state index contributed by atoms with van der Waals surface area (Å²) in [6, 6.07) is 4.95. The number of nitrogens with zero attached hydrogens (tertiary/aromatic N) is 1. The van der Waals surface area contributed by atoms with Crippen LogP contribution in [0.2, 0.25) is 0 Å². The molecule has 1 rings (SSSR count). The smallest absolute Gasteiger partial charge is 0.0276 e. The van der Waals surface area contributed by atoms with Gasteiger partial charge in [0.05, 0.1) is 0 Å². The lowest BCUT2D eigenvalue weighted by atomic mass is 10.2. The van der Waals surface area contributed by atoms with Gasteiger partial charge in [0, 0.05) is 17.9 Å². The zero-order chi connectivity index (χ0) is 8.27. The summed E-state index contributed by atoms with van der Waals surface area (Å²) < 4.78 is 2.34. The molecule has 1 heterocycles. The first kappa shape index (κ1) is 8.38. The molecule has 1 nitrogen and oxygen atoms in total. The van der Waals surface area contributed by atoms with Crippen LogP contribution in [0.25, 0.3) is 0 Å². The van der Waals surface area contributed by atoms with Crippen molar-refractivity contribution < 1.29 is 0 Å². The second-order valence-electron chi connectivity index (χ2n) is 3.25. The van der Waals surface area contributed by atoms with Crippen molar-refractivity contribution in [2.45, 2.75) is 39.7 Å². The van der Waals surface area contributed by atoms with Crippen LogP contribution in [0.4, 0.5) is 0 Å². The second kappa shape index (κ2) is 3.61. The Hall–Kier alpha value is -0.720. The quantitative estimate of drug-likeness (QED) is 0.625. The molecule has 0 amide bonds. The van der Waals surface area contributed by atoms with E-state index >= 15 is 0 Å². The first-order chi connectivity index (χ1) is 5.25. The third-order valence-electron chi connectivity index (χ3n) is 1.93. The average Bonchev–Trinajstić information content (AvgIpc) is 2.36. The van der Waals surface area contributed by atoms with E-state index in [0.29, 0.717) is 6.04 Å². The number of aromatic nitrogens is 1. The molecule has 0 radical (unpaired) electrons. The van der Waals surface area contributed by atoms with Gasteiger partial charge in [-0.1, -0.05) is 13.3 Å². The van der Waals surface area contributed by atoms with Gasteiger partial charge >= 0.3 is 0 Å². The summed E-state index contributed by atoms with van der Waals surface area (Å²) in [7, 11) is 0. The maximum atomic E-state index is 2.34. The highest BCUT2D eigenvalue weighted by Gasteiger charge is 2.01. The molecule has 0 bridgehead atoms. The fourth-order valence-electron chi connectivity index (χ4n) is 1.40. The molecule has 0 saturated carbocycles. The van der Waals surface area contributed by atoms with Crippen molar-refractivity contribution in [2.24, 2.45) is 0 Å². The summed E-state index contributed by atoms with van der Waals surface area (Å²) in [6.45, 7) is 6.66. The van der Waals surface area contributed by atoms with E-state index < -0.39 is 0 Å². The topological polar surface area (TPSA) is 4.93 Å². The summed E-state index contributed by atoms with van der Waals surface area (Å²) in [6.07, 6.45) is 4.59. The third kappa shape index (κ3) is 1.86. The van der Waals surface area contributed by atoms with E-state index in [1.165, 1.54) is 18.5 Å². The highest BCUT2D eigenvalue weighted by molar-refractivity contribution is 5.08. The van der Waals surface area contributed by atoms with Gasteiger partial charge in [-0.3, -0.25) is 0 Å². The third-order valence-corrected chi connectivity index (χ3v) is 1.93. The van der Waals surface area contributed by atoms with Gasteiger partial charge in [-0.15, -0.1) is 0 Å². The number of aryl methyl sites for hydroxylation is 1. The Morgan fingerprint density at radius 3 is 2.73 bits per heavy atom. The Kier molecular flexibility index (Phi) is 2.75.